The first kappa shape index (κ1) is 33.1. The summed E-state index contributed by atoms with van der Waals surface area (Å²) in [5.74, 6) is -1.94. The number of benzene rings is 3. The van der Waals surface area contributed by atoms with Crippen LogP contribution in [0.3, 0.4) is 0 Å². The SMILES string of the molecule is C=CCN(Cc1ccccc1)C(=O)[C@@H]1[C@H]2C(=O)N([C@@H](CO)Cc3ccccc3)C(C(=O)N(CC=C)c3ccccc3Cl)C23CC[C@H]1S3. The van der Waals surface area contributed by atoms with E-state index in [4.69, 9.17) is 11.6 Å². The molecule has 7 nitrogen and oxygen atoms in total. The zero-order chi connectivity index (χ0) is 33.1. The predicted octanol–water partition coefficient (Wildman–Crippen LogP) is 5.77. The Labute approximate surface area is 285 Å². The molecular formula is C38H40ClN3O4S. The van der Waals surface area contributed by atoms with Crippen molar-refractivity contribution in [3.05, 3.63) is 126 Å². The molecule has 2 bridgehead atoms. The Morgan fingerprint density at radius 2 is 1.60 bits per heavy atom. The Hall–Kier alpha value is -3.85. The van der Waals surface area contributed by atoms with E-state index in [1.807, 2.05) is 66.7 Å². The molecule has 0 radical (unpaired) electrons. The van der Waals surface area contributed by atoms with Gasteiger partial charge < -0.3 is 19.8 Å². The van der Waals surface area contributed by atoms with Gasteiger partial charge in [-0.1, -0.05) is 96.5 Å². The normalized spacial score (nSPS) is 24.9. The van der Waals surface area contributed by atoms with Gasteiger partial charge in [-0.3, -0.25) is 14.4 Å². The maximum Gasteiger partial charge on any atom is 0.251 e. The summed E-state index contributed by atoms with van der Waals surface area (Å²) in [5.41, 5.74) is 2.46. The lowest BCUT2D eigenvalue weighted by Crippen LogP contribution is -2.58. The molecule has 6 atom stereocenters. The molecule has 3 aromatic rings. The number of carbonyl (C=O) groups excluding carboxylic acids is 3. The number of nitrogens with zero attached hydrogens (tertiary/aromatic N) is 3. The number of anilines is 1. The maximum atomic E-state index is 15.0. The molecule has 2 unspecified atom stereocenters. The molecule has 9 heteroatoms. The molecule has 3 aromatic carbocycles. The lowest BCUT2D eigenvalue weighted by Gasteiger charge is -2.40. The molecule has 3 heterocycles. The van der Waals surface area contributed by atoms with Gasteiger partial charge in [0.1, 0.15) is 6.04 Å². The third-order valence-corrected chi connectivity index (χ3v) is 12.0. The van der Waals surface area contributed by atoms with Crippen molar-refractivity contribution in [3.63, 3.8) is 0 Å². The number of rotatable bonds is 13. The Morgan fingerprint density at radius 1 is 0.957 bits per heavy atom. The van der Waals surface area contributed by atoms with E-state index in [9.17, 15) is 14.7 Å². The molecule has 0 saturated carbocycles. The first-order chi connectivity index (χ1) is 22.8. The van der Waals surface area contributed by atoms with Crippen LogP contribution in [0.2, 0.25) is 5.02 Å². The first-order valence-corrected chi connectivity index (χ1v) is 17.4. The van der Waals surface area contributed by atoms with Crippen molar-refractivity contribution < 1.29 is 19.5 Å². The molecule has 47 heavy (non-hydrogen) atoms. The summed E-state index contributed by atoms with van der Waals surface area (Å²) >= 11 is 8.26. The smallest absolute Gasteiger partial charge is 0.251 e. The van der Waals surface area contributed by atoms with E-state index < -0.39 is 28.7 Å². The van der Waals surface area contributed by atoms with Crippen LogP contribution in [0.1, 0.15) is 24.0 Å². The molecule has 3 saturated heterocycles. The van der Waals surface area contributed by atoms with Gasteiger partial charge in [-0.25, -0.2) is 0 Å². The number of hydrogen-bond acceptors (Lipinski definition) is 5. The highest BCUT2D eigenvalue weighted by molar-refractivity contribution is 8.02. The first-order valence-electron chi connectivity index (χ1n) is 16.1. The van der Waals surface area contributed by atoms with Crippen molar-refractivity contribution in [1.82, 2.24) is 9.80 Å². The van der Waals surface area contributed by atoms with Crippen molar-refractivity contribution >= 4 is 46.8 Å². The third kappa shape index (κ3) is 6.03. The average molecular weight is 670 g/mol. The highest BCUT2D eigenvalue weighted by Crippen LogP contribution is 2.67. The zero-order valence-corrected chi connectivity index (χ0v) is 27.9. The van der Waals surface area contributed by atoms with Gasteiger partial charge in [0, 0.05) is 24.9 Å². The van der Waals surface area contributed by atoms with Crippen molar-refractivity contribution in [3.8, 4) is 0 Å². The minimum absolute atomic E-state index is 0.100. The summed E-state index contributed by atoms with van der Waals surface area (Å²) in [6.07, 6.45) is 5.06. The van der Waals surface area contributed by atoms with Gasteiger partial charge in [-0.05, 0) is 42.5 Å². The number of para-hydroxylation sites is 1. The van der Waals surface area contributed by atoms with Gasteiger partial charge in [-0.2, -0.15) is 0 Å². The van der Waals surface area contributed by atoms with Gasteiger partial charge >= 0.3 is 0 Å². The molecular weight excluding hydrogens is 630 g/mol. The van der Waals surface area contributed by atoms with Crippen LogP contribution in [0, 0.1) is 11.8 Å². The molecule has 0 aliphatic carbocycles. The zero-order valence-electron chi connectivity index (χ0n) is 26.3. The highest BCUT2D eigenvalue weighted by Gasteiger charge is 2.74. The van der Waals surface area contributed by atoms with Crippen molar-refractivity contribution in [1.29, 1.82) is 0 Å². The molecule has 244 valence electrons. The summed E-state index contributed by atoms with van der Waals surface area (Å²) in [7, 11) is 0. The number of aliphatic hydroxyl groups is 1. The van der Waals surface area contributed by atoms with Crippen LogP contribution in [-0.4, -0.2) is 74.4 Å². The second-order valence-corrected chi connectivity index (χ2v) is 14.5. The van der Waals surface area contributed by atoms with Crippen molar-refractivity contribution in [2.45, 2.75) is 47.9 Å². The Kier molecular flexibility index (Phi) is 9.92. The van der Waals surface area contributed by atoms with Crippen LogP contribution in [0.4, 0.5) is 5.69 Å². The summed E-state index contributed by atoms with van der Waals surface area (Å²) in [6, 6.07) is 25.0. The molecule has 3 aliphatic rings. The number of likely N-dealkylation sites (tertiary alicyclic amines) is 1. The summed E-state index contributed by atoms with van der Waals surface area (Å²) < 4.78 is -0.837. The number of halogens is 1. The van der Waals surface area contributed by atoms with Crippen LogP contribution in [0.15, 0.2) is 110 Å². The van der Waals surface area contributed by atoms with E-state index in [0.29, 0.717) is 43.1 Å². The fraction of sp³-hybridized carbons (Fsp3) is 0.342. The second kappa shape index (κ2) is 14.1. The number of fused-ring (bicyclic) bond motifs is 1. The van der Waals surface area contributed by atoms with E-state index in [0.717, 1.165) is 11.1 Å². The summed E-state index contributed by atoms with van der Waals surface area (Å²) in [6.45, 7) is 8.40. The van der Waals surface area contributed by atoms with Crippen LogP contribution in [0.25, 0.3) is 0 Å². The minimum Gasteiger partial charge on any atom is -0.394 e. The van der Waals surface area contributed by atoms with Crippen molar-refractivity contribution in [2.24, 2.45) is 11.8 Å². The van der Waals surface area contributed by atoms with E-state index in [1.165, 1.54) is 0 Å². The fourth-order valence-corrected chi connectivity index (χ4v) is 10.3. The van der Waals surface area contributed by atoms with E-state index in [2.05, 4.69) is 13.2 Å². The van der Waals surface area contributed by atoms with Crippen LogP contribution >= 0.6 is 23.4 Å². The fourth-order valence-electron chi connectivity index (χ4n) is 7.84. The average Bonchev–Trinajstić information content (AvgIpc) is 3.74. The largest absolute Gasteiger partial charge is 0.394 e. The standard InChI is InChI=1S/C38H40ClN3O4S/c1-3-21-40(24-27-15-9-6-10-16-27)35(44)32-31-19-20-38(47-31)33(32)36(45)42(28(25-43)23-26-13-7-5-8-14-26)34(38)37(46)41(22-4-2)30-18-12-11-17-29(30)39/h3-18,28,31-34,43H,1-2,19-25H2/t28-,31-,32+,33+,34?,38?/m1/s1. The molecule has 1 spiro atoms. The lowest BCUT2D eigenvalue weighted by atomic mass is 9.70. The van der Waals surface area contributed by atoms with Crippen LogP contribution < -0.4 is 4.90 Å². The summed E-state index contributed by atoms with van der Waals surface area (Å²) in [5, 5.41) is 11.2. The van der Waals surface area contributed by atoms with Crippen LogP contribution in [0.5, 0.6) is 0 Å². The minimum atomic E-state index is -0.910. The van der Waals surface area contributed by atoms with E-state index in [-0.39, 0.29) is 36.1 Å². The highest BCUT2D eigenvalue weighted by atomic mass is 35.5. The maximum absolute atomic E-state index is 15.0. The molecule has 3 aliphatic heterocycles. The molecule has 1 N–H and O–H groups in total. The Bertz CT molecular complexity index is 1640. The number of hydrogen-bond donors (Lipinski definition) is 1. The predicted molar refractivity (Wildman–Crippen MR) is 188 cm³/mol. The molecule has 3 fully saturated rings. The van der Waals surface area contributed by atoms with Gasteiger partial charge in [0.15, 0.2) is 0 Å². The molecule has 6 rings (SSSR count). The van der Waals surface area contributed by atoms with Crippen LogP contribution in [-0.2, 0) is 27.3 Å². The van der Waals surface area contributed by atoms with E-state index in [1.54, 1.807) is 56.8 Å². The number of carbonyl (C=O) groups is 3. The van der Waals surface area contributed by atoms with Gasteiger partial charge in [0.2, 0.25) is 11.8 Å². The third-order valence-electron chi connectivity index (χ3n) is 9.77. The summed E-state index contributed by atoms with van der Waals surface area (Å²) in [4.78, 5) is 49.5. The monoisotopic (exact) mass is 669 g/mol. The lowest BCUT2D eigenvalue weighted by molar-refractivity contribution is -0.145. The molecule has 0 aromatic heterocycles. The second-order valence-electron chi connectivity index (χ2n) is 12.5. The Morgan fingerprint density at radius 3 is 2.23 bits per heavy atom. The number of thioether (sulfide) groups is 1. The quantitative estimate of drug-likeness (QED) is 0.234. The number of amides is 3. The van der Waals surface area contributed by atoms with Crippen molar-refractivity contribution in [2.75, 3.05) is 24.6 Å². The Balaban J connectivity index is 1.43. The van der Waals surface area contributed by atoms with Gasteiger partial charge in [0.25, 0.3) is 5.91 Å². The topological polar surface area (TPSA) is 81.2 Å². The van der Waals surface area contributed by atoms with Gasteiger partial charge in [-0.15, -0.1) is 24.9 Å². The number of aliphatic hydroxyl groups excluding tert-OH is 1. The molecule has 3 amide bonds. The van der Waals surface area contributed by atoms with E-state index >= 15 is 4.79 Å². The van der Waals surface area contributed by atoms with Gasteiger partial charge in [0.05, 0.1) is 39.9 Å².